The molecule has 32 heavy (non-hydrogen) atoms. The second-order valence-corrected chi connectivity index (χ2v) is 15.1. The topological polar surface area (TPSA) is 40.5 Å². The van der Waals surface area contributed by atoms with E-state index in [1.54, 1.807) is 0 Å². The molecule has 0 fully saturated rings. The fraction of sp³-hybridized carbons (Fsp3) is 0.643. The molecule has 1 aliphatic rings. The van der Waals surface area contributed by atoms with Crippen molar-refractivity contribution in [3.05, 3.63) is 45.1 Å². The number of aliphatic hydroxyl groups is 1. The molecule has 0 spiro atoms. The summed E-state index contributed by atoms with van der Waals surface area (Å²) in [6, 6.07) is 3.99. The van der Waals surface area contributed by atoms with Crippen LogP contribution in [0.15, 0.2) is 34.0 Å². The fourth-order valence-corrected chi connectivity index (χ4v) is 7.91. The highest BCUT2D eigenvalue weighted by Gasteiger charge is 2.61. The molecule has 1 aliphatic carbocycles. The van der Waals surface area contributed by atoms with Crippen molar-refractivity contribution in [2.45, 2.75) is 93.3 Å². The number of hydrogen-bond acceptors (Lipinski definition) is 2. The first-order valence-corrected chi connectivity index (χ1v) is 13.1. The number of aromatic hydroxyl groups is 1. The quantitative estimate of drug-likeness (QED) is 0.330. The minimum absolute atomic E-state index is 0.184. The molecular weight excluding hydrogens is 528 g/mol. The summed E-state index contributed by atoms with van der Waals surface area (Å²) in [4.78, 5) is -0.253. The van der Waals surface area contributed by atoms with Gasteiger partial charge in [-0.15, -0.1) is 0 Å². The van der Waals surface area contributed by atoms with Crippen LogP contribution >= 0.6 is 31.9 Å². The zero-order valence-electron chi connectivity index (χ0n) is 22.0. The van der Waals surface area contributed by atoms with E-state index in [4.69, 9.17) is 0 Å². The van der Waals surface area contributed by atoms with Crippen molar-refractivity contribution in [3.8, 4) is 5.75 Å². The first-order valence-electron chi connectivity index (χ1n) is 11.4. The lowest BCUT2D eigenvalue weighted by Crippen LogP contribution is -2.55. The summed E-state index contributed by atoms with van der Waals surface area (Å²) in [5.41, 5.74) is 3.38. The monoisotopic (exact) mass is 568 g/mol. The van der Waals surface area contributed by atoms with Gasteiger partial charge in [0.25, 0.3) is 0 Å². The Kier molecular flexibility index (Phi) is 7.04. The van der Waals surface area contributed by atoms with Crippen molar-refractivity contribution in [2.75, 3.05) is 0 Å². The van der Waals surface area contributed by atoms with Crippen LogP contribution in [0.3, 0.4) is 0 Å². The average molecular weight is 570 g/mol. The Morgan fingerprint density at radius 2 is 1.25 bits per heavy atom. The van der Waals surface area contributed by atoms with Gasteiger partial charge in [-0.25, -0.2) is 0 Å². The highest BCUT2D eigenvalue weighted by Crippen LogP contribution is 2.68. The summed E-state index contributed by atoms with van der Waals surface area (Å²) in [6.07, 6.45) is 1.97. The summed E-state index contributed by atoms with van der Waals surface area (Å²) < 4.78 is 0.683. The van der Waals surface area contributed by atoms with Crippen LogP contribution in [0.2, 0.25) is 0 Å². The smallest absolute Gasteiger partial charge is 0.130 e. The molecule has 0 saturated heterocycles. The summed E-state index contributed by atoms with van der Waals surface area (Å²) in [5.74, 6) is 0.622. The van der Waals surface area contributed by atoms with Gasteiger partial charge in [0.1, 0.15) is 11.5 Å². The van der Waals surface area contributed by atoms with Gasteiger partial charge >= 0.3 is 0 Å². The van der Waals surface area contributed by atoms with Gasteiger partial charge in [-0.3, -0.25) is 0 Å². The van der Waals surface area contributed by atoms with Crippen LogP contribution in [0.4, 0.5) is 0 Å². The van der Waals surface area contributed by atoms with Crippen LogP contribution in [0.25, 0.3) is 5.57 Å². The second kappa shape index (κ2) is 8.18. The number of hydrogen-bond donors (Lipinski definition) is 2. The first kappa shape index (κ1) is 27.5. The lowest BCUT2D eigenvalue weighted by Gasteiger charge is -2.60. The van der Waals surface area contributed by atoms with E-state index in [-0.39, 0.29) is 32.2 Å². The zero-order valence-corrected chi connectivity index (χ0v) is 25.1. The number of halogens is 2. The van der Waals surface area contributed by atoms with E-state index in [2.05, 4.69) is 121 Å². The molecule has 0 radical (unpaired) electrons. The van der Waals surface area contributed by atoms with Crippen molar-refractivity contribution in [1.29, 1.82) is 0 Å². The van der Waals surface area contributed by atoms with Crippen LogP contribution in [-0.4, -0.2) is 15.0 Å². The van der Waals surface area contributed by atoms with E-state index in [1.165, 1.54) is 5.57 Å². The van der Waals surface area contributed by atoms with Crippen molar-refractivity contribution in [1.82, 2.24) is 0 Å². The number of rotatable bonds is 1. The molecule has 2 N–H and O–H groups in total. The third-order valence-corrected chi connectivity index (χ3v) is 8.73. The molecule has 0 bridgehead atoms. The summed E-state index contributed by atoms with van der Waals surface area (Å²) in [7, 11) is 0. The van der Waals surface area contributed by atoms with Crippen LogP contribution in [0.1, 0.15) is 94.2 Å². The minimum atomic E-state index is -0.447. The second-order valence-electron chi connectivity index (χ2n) is 13.4. The maximum Gasteiger partial charge on any atom is 0.130 e. The predicted molar refractivity (Wildman–Crippen MR) is 146 cm³/mol. The average Bonchev–Trinajstić information content (AvgIpc) is 2.54. The molecule has 0 aromatic heterocycles. The maximum absolute atomic E-state index is 11.3. The van der Waals surface area contributed by atoms with Gasteiger partial charge in [0, 0.05) is 5.41 Å². The lowest BCUT2D eigenvalue weighted by molar-refractivity contribution is 0.0235. The molecule has 180 valence electrons. The van der Waals surface area contributed by atoms with Gasteiger partial charge in [0.2, 0.25) is 0 Å². The summed E-state index contributed by atoms with van der Waals surface area (Å²) >= 11 is 7.58. The Hall–Kier alpha value is -0.740. The molecule has 1 aromatic rings. The third kappa shape index (κ3) is 4.35. The summed E-state index contributed by atoms with van der Waals surface area (Å²) in [6.45, 7) is 26.9. The molecule has 1 aromatic carbocycles. The molecule has 4 heteroatoms. The Bertz CT molecular complexity index is 941. The van der Waals surface area contributed by atoms with Crippen LogP contribution < -0.4 is 0 Å². The highest BCUT2D eigenvalue weighted by atomic mass is 79.9. The number of benzene rings is 1. The zero-order chi connectivity index (χ0) is 25.2. The Morgan fingerprint density at radius 3 is 1.62 bits per heavy atom. The van der Waals surface area contributed by atoms with Crippen molar-refractivity contribution in [3.63, 3.8) is 0 Å². The Balaban J connectivity index is 3.32. The van der Waals surface area contributed by atoms with Gasteiger partial charge < -0.3 is 10.2 Å². The highest BCUT2D eigenvalue weighted by molar-refractivity contribution is 9.10. The van der Waals surface area contributed by atoms with E-state index in [1.807, 2.05) is 12.1 Å². The molecule has 0 amide bonds. The maximum atomic E-state index is 11.3. The van der Waals surface area contributed by atoms with Gasteiger partial charge in [-0.1, -0.05) is 99.0 Å². The number of phenols is 1. The molecule has 0 aliphatic heterocycles. The van der Waals surface area contributed by atoms with Gasteiger partial charge in [-0.05, 0) is 78.1 Å². The van der Waals surface area contributed by atoms with Crippen LogP contribution in [0.5, 0.6) is 5.75 Å². The van der Waals surface area contributed by atoms with Crippen LogP contribution in [0, 0.1) is 21.7 Å². The lowest BCUT2D eigenvalue weighted by atomic mass is 9.45. The largest absolute Gasteiger partial charge is 0.511 e. The number of allylic oxidation sites excluding steroid dienone is 4. The SMILES string of the molecule is CC(C)(C)C1=C(c2cc(Br)c(O)cc2C(C)(C)C)C(C(C)(C)C)(C(C)(C)C)C(Br)C(O)=C1. The normalized spacial score (nSPS) is 20.4. The molecule has 1 unspecified atom stereocenters. The third-order valence-electron chi connectivity index (χ3n) is 6.93. The van der Waals surface area contributed by atoms with Crippen LogP contribution in [-0.2, 0) is 5.41 Å². The standard InChI is InChI=1S/C28H42Br2O2/c1-24(2,3)17-14-20(31)19(29)13-16(17)22-18(25(4,5)6)15-21(32)23(30)28(22,26(7,8)9)27(10,11)12/h13-15,23,31-32H,1-12H3. The fourth-order valence-electron chi connectivity index (χ4n) is 5.83. The molecule has 0 saturated carbocycles. The van der Waals surface area contributed by atoms with E-state index in [9.17, 15) is 10.2 Å². The van der Waals surface area contributed by atoms with Crippen molar-refractivity contribution >= 4 is 37.4 Å². The minimum Gasteiger partial charge on any atom is -0.511 e. The molecule has 1 atom stereocenters. The molecule has 0 heterocycles. The van der Waals surface area contributed by atoms with Gasteiger partial charge in [-0.2, -0.15) is 0 Å². The number of aliphatic hydroxyl groups excluding tert-OH is 1. The van der Waals surface area contributed by atoms with Crippen molar-refractivity contribution in [2.24, 2.45) is 21.7 Å². The van der Waals surface area contributed by atoms with E-state index in [0.717, 1.165) is 16.7 Å². The Morgan fingerprint density at radius 1 is 0.781 bits per heavy atom. The van der Waals surface area contributed by atoms with Gasteiger partial charge in [0.05, 0.1) is 9.30 Å². The van der Waals surface area contributed by atoms with E-state index in [0.29, 0.717) is 10.2 Å². The Labute approximate surface area is 212 Å². The molecular formula is C28H42Br2O2. The van der Waals surface area contributed by atoms with E-state index >= 15 is 0 Å². The summed E-state index contributed by atoms with van der Waals surface area (Å²) in [5, 5.41) is 21.9. The molecule has 2 rings (SSSR count). The first-order chi connectivity index (χ1) is 14.1. The van der Waals surface area contributed by atoms with Gasteiger partial charge in [0.15, 0.2) is 0 Å². The number of phenolic OH excluding ortho intramolecular Hbond substituents is 1. The van der Waals surface area contributed by atoms with Crippen molar-refractivity contribution < 1.29 is 10.2 Å². The predicted octanol–water partition coefficient (Wildman–Crippen LogP) is 9.55. The number of alkyl halides is 1. The van der Waals surface area contributed by atoms with E-state index < -0.39 is 5.41 Å². The molecule has 2 nitrogen and oxygen atoms in total.